The first kappa shape index (κ1) is 19.7. The smallest absolute Gasteiger partial charge is 0.249 e. The molecule has 1 aromatic carbocycles. The Bertz CT molecular complexity index is 699. The lowest BCUT2D eigenvalue weighted by molar-refractivity contribution is -0.123. The second kappa shape index (κ2) is 8.20. The zero-order chi connectivity index (χ0) is 18.6. The van der Waals surface area contributed by atoms with Crippen molar-refractivity contribution < 1.29 is 22.0 Å². The predicted octanol–water partition coefficient (Wildman–Crippen LogP) is 1.19. The van der Waals surface area contributed by atoms with Crippen LogP contribution in [0.1, 0.15) is 20.3 Å². The van der Waals surface area contributed by atoms with E-state index >= 15 is 0 Å². The van der Waals surface area contributed by atoms with Crippen molar-refractivity contribution in [2.45, 2.75) is 31.2 Å². The summed E-state index contributed by atoms with van der Waals surface area (Å²) in [7, 11) is -4.24. The molecule has 0 aliphatic carbocycles. The van der Waals surface area contributed by atoms with Crippen LogP contribution in [0.3, 0.4) is 0 Å². The zero-order valence-electron chi connectivity index (χ0n) is 14.3. The molecule has 1 atom stereocenters. The summed E-state index contributed by atoms with van der Waals surface area (Å²) in [6.07, 6.45) is 0.825. The van der Waals surface area contributed by atoms with Gasteiger partial charge >= 0.3 is 0 Å². The summed E-state index contributed by atoms with van der Waals surface area (Å²) in [4.78, 5) is 12.8. The first-order chi connectivity index (χ1) is 11.8. The van der Waals surface area contributed by atoms with Crippen LogP contribution >= 0.6 is 0 Å². The van der Waals surface area contributed by atoms with E-state index in [1.807, 2.05) is 18.7 Å². The van der Waals surface area contributed by atoms with Crippen LogP contribution in [0.15, 0.2) is 23.1 Å². The number of benzene rings is 1. The Labute approximate surface area is 146 Å². The Morgan fingerprint density at radius 1 is 1.20 bits per heavy atom. The number of halogens is 2. The van der Waals surface area contributed by atoms with Crippen LogP contribution in [0.25, 0.3) is 0 Å². The minimum Gasteiger partial charge on any atom is -0.353 e. The molecule has 6 nitrogen and oxygen atoms in total. The SMILES string of the molecule is CCC(C)NC(=O)CN1CCN(S(=O)(=O)c2c(F)cccc2F)CC1. The average molecular weight is 375 g/mol. The van der Waals surface area contributed by atoms with E-state index in [4.69, 9.17) is 0 Å². The maximum atomic E-state index is 13.8. The highest BCUT2D eigenvalue weighted by Crippen LogP contribution is 2.23. The van der Waals surface area contributed by atoms with Crippen LogP contribution in [0.4, 0.5) is 8.78 Å². The van der Waals surface area contributed by atoms with Crippen molar-refractivity contribution in [3.8, 4) is 0 Å². The van der Waals surface area contributed by atoms with Crippen LogP contribution in [0, 0.1) is 11.6 Å². The van der Waals surface area contributed by atoms with Gasteiger partial charge in [-0.1, -0.05) is 13.0 Å². The number of hydrogen-bond donors (Lipinski definition) is 1. The van der Waals surface area contributed by atoms with Crippen LogP contribution in [-0.2, 0) is 14.8 Å². The van der Waals surface area contributed by atoms with Gasteiger partial charge in [-0.2, -0.15) is 4.31 Å². The third-order valence-corrected chi connectivity index (χ3v) is 6.19. The van der Waals surface area contributed by atoms with E-state index in [1.54, 1.807) is 0 Å². The first-order valence-electron chi connectivity index (χ1n) is 8.21. The van der Waals surface area contributed by atoms with Gasteiger partial charge in [-0.3, -0.25) is 9.69 Å². The molecular formula is C16H23F2N3O3S. The van der Waals surface area contributed by atoms with Crippen LogP contribution in [0.2, 0.25) is 0 Å². The topological polar surface area (TPSA) is 69.7 Å². The number of piperazine rings is 1. The molecular weight excluding hydrogens is 352 g/mol. The van der Waals surface area contributed by atoms with Gasteiger partial charge in [0.25, 0.3) is 0 Å². The van der Waals surface area contributed by atoms with Gasteiger partial charge in [0.2, 0.25) is 15.9 Å². The molecule has 1 N–H and O–H groups in total. The Balaban J connectivity index is 1.99. The number of nitrogens with zero attached hydrogens (tertiary/aromatic N) is 2. The monoisotopic (exact) mass is 375 g/mol. The number of nitrogens with one attached hydrogen (secondary N) is 1. The van der Waals surface area contributed by atoms with Crippen molar-refractivity contribution in [3.05, 3.63) is 29.8 Å². The molecule has 1 aromatic rings. The molecule has 1 heterocycles. The molecule has 0 radical (unpaired) electrons. The summed E-state index contributed by atoms with van der Waals surface area (Å²) in [6.45, 7) is 4.85. The highest BCUT2D eigenvalue weighted by molar-refractivity contribution is 7.89. The third-order valence-electron chi connectivity index (χ3n) is 4.24. The molecule has 1 aliphatic rings. The fourth-order valence-corrected chi connectivity index (χ4v) is 4.14. The minimum atomic E-state index is -4.24. The van der Waals surface area contributed by atoms with Gasteiger partial charge in [0.1, 0.15) is 11.6 Å². The van der Waals surface area contributed by atoms with Gasteiger partial charge in [-0.05, 0) is 25.5 Å². The van der Waals surface area contributed by atoms with Crippen LogP contribution in [-0.4, -0.2) is 62.3 Å². The molecule has 1 saturated heterocycles. The molecule has 1 aliphatic heterocycles. The third kappa shape index (κ3) is 4.74. The van der Waals surface area contributed by atoms with E-state index in [-0.39, 0.29) is 31.6 Å². The number of amides is 1. The Kier molecular flexibility index (Phi) is 6.47. The molecule has 1 amide bonds. The highest BCUT2D eigenvalue weighted by Gasteiger charge is 2.33. The second-order valence-corrected chi connectivity index (χ2v) is 7.98. The number of carbonyl (C=O) groups excluding carboxylic acids is 1. The number of sulfonamides is 1. The van der Waals surface area contributed by atoms with Crippen molar-refractivity contribution in [2.24, 2.45) is 0 Å². The molecule has 0 bridgehead atoms. The summed E-state index contributed by atoms with van der Waals surface area (Å²) < 4.78 is 53.6. The van der Waals surface area contributed by atoms with Gasteiger partial charge in [0.15, 0.2) is 4.90 Å². The Morgan fingerprint density at radius 2 is 1.76 bits per heavy atom. The lowest BCUT2D eigenvalue weighted by Crippen LogP contribution is -2.51. The maximum Gasteiger partial charge on any atom is 0.249 e. The lowest BCUT2D eigenvalue weighted by atomic mass is 10.2. The van der Waals surface area contributed by atoms with Crippen molar-refractivity contribution in [3.63, 3.8) is 0 Å². The zero-order valence-corrected chi connectivity index (χ0v) is 15.2. The van der Waals surface area contributed by atoms with Gasteiger partial charge < -0.3 is 5.32 Å². The summed E-state index contributed by atoms with van der Waals surface area (Å²) in [5, 5.41) is 2.85. The Morgan fingerprint density at radius 3 is 2.28 bits per heavy atom. The van der Waals surface area contributed by atoms with E-state index in [0.29, 0.717) is 13.1 Å². The normalized spacial score (nSPS) is 18.1. The second-order valence-electron chi connectivity index (χ2n) is 6.11. The highest BCUT2D eigenvalue weighted by atomic mass is 32.2. The van der Waals surface area contributed by atoms with Crippen LogP contribution in [0.5, 0.6) is 0 Å². The van der Waals surface area contributed by atoms with E-state index in [0.717, 1.165) is 28.9 Å². The first-order valence-corrected chi connectivity index (χ1v) is 9.65. The number of rotatable bonds is 6. The molecule has 0 saturated carbocycles. The Hall–Kier alpha value is -1.58. The van der Waals surface area contributed by atoms with Crippen LogP contribution < -0.4 is 5.32 Å². The molecule has 9 heteroatoms. The van der Waals surface area contributed by atoms with Gasteiger partial charge in [0, 0.05) is 32.2 Å². The van der Waals surface area contributed by atoms with Crippen molar-refractivity contribution in [2.75, 3.05) is 32.7 Å². The van der Waals surface area contributed by atoms with E-state index in [2.05, 4.69) is 5.32 Å². The van der Waals surface area contributed by atoms with Crippen molar-refractivity contribution in [1.82, 2.24) is 14.5 Å². The predicted molar refractivity (Wildman–Crippen MR) is 89.5 cm³/mol. The van der Waals surface area contributed by atoms with E-state index in [9.17, 15) is 22.0 Å². The van der Waals surface area contributed by atoms with Gasteiger partial charge in [-0.25, -0.2) is 17.2 Å². The molecule has 2 rings (SSSR count). The van der Waals surface area contributed by atoms with Gasteiger partial charge in [0.05, 0.1) is 6.54 Å². The lowest BCUT2D eigenvalue weighted by Gasteiger charge is -2.33. The fourth-order valence-electron chi connectivity index (χ4n) is 2.61. The maximum absolute atomic E-state index is 13.8. The summed E-state index contributed by atoms with van der Waals surface area (Å²) in [6, 6.07) is 3.05. The fraction of sp³-hybridized carbons (Fsp3) is 0.562. The molecule has 0 aromatic heterocycles. The average Bonchev–Trinajstić information content (AvgIpc) is 2.54. The summed E-state index contributed by atoms with van der Waals surface area (Å²) >= 11 is 0. The molecule has 1 fully saturated rings. The minimum absolute atomic E-state index is 0.0761. The van der Waals surface area contributed by atoms with E-state index < -0.39 is 26.6 Å². The summed E-state index contributed by atoms with van der Waals surface area (Å²) in [5.74, 6) is -2.32. The van der Waals surface area contributed by atoms with E-state index in [1.165, 1.54) is 0 Å². The standard InChI is InChI=1S/C16H23F2N3O3S/c1-3-12(2)19-15(22)11-20-7-9-21(10-8-20)25(23,24)16-13(17)5-4-6-14(16)18/h4-6,12H,3,7-11H2,1-2H3,(H,19,22). The number of carbonyl (C=O) groups is 1. The van der Waals surface area contributed by atoms with Gasteiger partial charge in [-0.15, -0.1) is 0 Å². The molecule has 1 unspecified atom stereocenters. The molecule has 25 heavy (non-hydrogen) atoms. The number of hydrogen-bond acceptors (Lipinski definition) is 4. The quantitative estimate of drug-likeness (QED) is 0.811. The summed E-state index contributed by atoms with van der Waals surface area (Å²) in [5.41, 5.74) is 0. The largest absolute Gasteiger partial charge is 0.353 e. The molecule has 0 spiro atoms. The van der Waals surface area contributed by atoms with Crippen molar-refractivity contribution in [1.29, 1.82) is 0 Å². The van der Waals surface area contributed by atoms with Crippen molar-refractivity contribution >= 4 is 15.9 Å². The molecule has 140 valence electrons.